The van der Waals surface area contributed by atoms with Crippen LogP contribution in [-0.2, 0) is 10.0 Å². The number of rotatable bonds is 4. The van der Waals surface area contributed by atoms with Gasteiger partial charge in [-0.15, -0.1) is 0 Å². The normalized spacial score (nSPS) is 33.6. The second kappa shape index (κ2) is 2.75. The quantitative estimate of drug-likeness (QED) is 0.656. The second-order valence-corrected chi connectivity index (χ2v) is 5.05. The van der Waals surface area contributed by atoms with E-state index in [2.05, 4.69) is 11.6 Å². The van der Waals surface area contributed by atoms with E-state index in [1.54, 1.807) is 0 Å². The molecule has 1 atom stereocenters. The molecule has 0 bridgehead atoms. The van der Waals surface area contributed by atoms with Crippen molar-refractivity contribution in [3.05, 3.63) is 0 Å². The van der Waals surface area contributed by atoms with Crippen molar-refractivity contribution in [1.82, 2.24) is 4.72 Å². The lowest BCUT2D eigenvalue weighted by Crippen LogP contribution is -2.14. The van der Waals surface area contributed by atoms with Crippen LogP contribution < -0.4 is 4.72 Å². The van der Waals surface area contributed by atoms with Crippen LogP contribution in [-0.4, -0.2) is 13.3 Å². The molecule has 0 amide bonds. The van der Waals surface area contributed by atoms with Gasteiger partial charge in [-0.05, 0) is 12.8 Å². The van der Waals surface area contributed by atoms with E-state index in [0.717, 1.165) is 19.3 Å². The Bertz CT molecular complexity index is 235. The molecule has 1 heterocycles. The lowest BCUT2D eigenvalue weighted by molar-refractivity contribution is 0.532. The Hall–Kier alpha value is -0.0900. The molecule has 66 valence electrons. The Labute approximate surface area is 68.2 Å². The fourth-order valence-electron chi connectivity index (χ4n) is 1.31. The standard InChI is InChI=1S/C7H15NO2S/c1-3-5-6-7(4-2)8-11(7,9)10/h8H,3-6H2,1-2H3. The molecule has 0 aliphatic carbocycles. The minimum Gasteiger partial charge on any atom is -0.210 e. The third kappa shape index (κ3) is 1.42. The summed E-state index contributed by atoms with van der Waals surface area (Å²) in [6.45, 7) is 3.98. The highest BCUT2D eigenvalue weighted by Crippen LogP contribution is 2.37. The Balaban J connectivity index is 2.54. The highest BCUT2D eigenvalue weighted by molar-refractivity contribution is 7.97. The number of nitrogens with one attached hydrogen (secondary N) is 1. The van der Waals surface area contributed by atoms with Gasteiger partial charge in [0.2, 0.25) is 10.0 Å². The Morgan fingerprint density at radius 2 is 1.91 bits per heavy atom. The molecule has 1 aliphatic rings. The van der Waals surface area contributed by atoms with Crippen LogP contribution in [0.15, 0.2) is 0 Å². The molecule has 4 heteroatoms. The summed E-state index contributed by atoms with van der Waals surface area (Å²) in [6, 6.07) is 0. The summed E-state index contributed by atoms with van der Waals surface area (Å²) in [5, 5.41) is 0. The maximum atomic E-state index is 11.0. The van der Waals surface area contributed by atoms with E-state index >= 15 is 0 Å². The van der Waals surface area contributed by atoms with Crippen molar-refractivity contribution >= 4 is 10.0 Å². The Morgan fingerprint density at radius 3 is 2.18 bits per heavy atom. The van der Waals surface area contributed by atoms with Crippen molar-refractivity contribution in [1.29, 1.82) is 0 Å². The summed E-state index contributed by atoms with van der Waals surface area (Å²) in [6.07, 6.45) is 3.50. The molecule has 11 heavy (non-hydrogen) atoms. The molecule has 1 rings (SSSR count). The SMILES string of the molecule is CCCCC1(CC)NS1(=O)=O. The van der Waals surface area contributed by atoms with Crippen LogP contribution in [0.3, 0.4) is 0 Å². The largest absolute Gasteiger partial charge is 0.232 e. The number of sulfonamides is 1. The molecule has 3 nitrogen and oxygen atoms in total. The van der Waals surface area contributed by atoms with Crippen LogP contribution in [0.2, 0.25) is 0 Å². The minimum atomic E-state index is -2.89. The van der Waals surface area contributed by atoms with E-state index in [4.69, 9.17) is 0 Å². The van der Waals surface area contributed by atoms with Crippen LogP contribution in [0.4, 0.5) is 0 Å². The molecule has 1 saturated heterocycles. The van der Waals surface area contributed by atoms with Gasteiger partial charge in [0, 0.05) is 0 Å². The van der Waals surface area contributed by atoms with Gasteiger partial charge in [0.15, 0.2) is 0 Å². The molecule has 1 N–H and O–H groups in total. The fraction of sp³-hybridized carbons (Fsp3) is 1.00. The van der Waals surface area contributed by atoms with Gasteiger partial charge in [-0.1, -0.05) is 26.7 Å². The van der Waals surface area contributed by atoms with Gasteiger partial charge in [-0.3, -0.25) is 0 Å². The fourth-order valence-corrected chi connectivity index (χ4v) is 3.00. The van der Waals surface area contributed by atoms with Gasteiger partial charge < -0.3 is 0 Å². The number of hydrogen-bond donors (Lipinski definition) is 1. The predicted molar refractivity (Wildman–Crippen MR) is 44.6 cm³/mol. The van der Waals surface area contributed by atoms with E-state index in [1.807, 2.05) is 6.92 Å². The maximum Gasteiger partial charge on any atom is 0.232 e. The molecule has 0 radical (unpaired) electrons. The first-order valence-corrected chi connectivity index (χ1v) is 5.60. The van der Waals surface area contributed by atoms with Crippen molar-refractivity contribution in [2.75, 3.05) is 0 Å². The monoisotopic (exact) mass is 177 g/mol. The summed E-state index contributed by atoms with van der Waals surface area (Å²) in [5.41, 5.74) is 0. The molecular formula is C7H15NO2S. The Morgan fingerprint density at radius 1 is 1.36 bits per heavy atom. The molecule has 0 aromatic carbocycles. The average Bonchev–Trinajstić information content (AvgIpc) is 2.50. The maximum absolute atomic E-state index is 11.0. The molecule has 0 saturated carbocycles. The summed E-state index contributed by atoms with van der Waals surface area (Å²) in [4.78, 5) is -0.539. The van der Waals surface area contributed by atoms with Gasteiger partial charge in [-0.2, -0.15) is 4.72 Å². The highest BCUT2D eigenvalue weighted by atomic mass is 32.2. The van der Waals surface area contributed by atoms with Gasteiger partial charge in [0.1, 0.15) is 4.87 Å². The predicted octanol–water partition coefficient (Wildman–Crippen LogP) is 1.22. The molecular weight excluding hydrogens is 162 g/mol. The zero-order valence-electron chi connectivity index (χ0n) is 7.05. The van der Waals surface area contributed by atoms with Crippen molar-refractivity contribution in [3.8, 4) is 0 Å². The van der Waals surface area contributed by atoms with Gasteiger partial charge in [-0.25, -0.2) is 8.42 Å². The molecule has 0 aromatic rings. The van der Waals surface area contributed by atoms with E-state index in [9.17, 15) is 8.42 Å². The topological polar surface area (TPSA) is 56.1 Å². The molecule has 0 aromatic heterocycles. The zero-order chi connectivity index (χ0) is 8.54. The number of unbranched alkanes of at least 4 members (excludes halogenated alkanes) is 1. The first-order valence-electron chi connectivity index (χ1n) is 4.11. The van der Waals surface area contributed by atoms with E-state index in [0.29, 0.717) is 6.42 Å². The second-order valence-electron chi connectivity index (χ2n) is 3.06. The summed E-state index contributed by atoms with van der Waals surface area (Å²) in [5.74, 6) is 0. The van der Waals surface area contributed by atoms with Crippen LogP contribution in [0.5, 0.6) is 0 Å². The van der Waals surface area contributed by atoms with Crippen molar-refractivity contribution < 1.29 is 8.42 Å². The van der Waals surface area contributed by atoms with Gasteiger partial charge in [0.25, 0.3) is 0 Å². The van der Waals surface area contributed by atoms with Crippen molar-refractivity contribution in [2.45, 2.75) is 44.4 Å². The minimum absolute atomic E-state index is 0.539. The van der Waals surface area contributed by atoms with E-state index in [1.165, 1.54) is 0 Å². The van der Waals surface area contributed by atoms with Crippen molar-refractivity contribution in [2.24, 2.45) is 0 Å². The van der Waals surface area contributed by atoms with Crippen LogP contribution >= 0.6 is 0 Å². The van der Waals surface area contributed by atoms with E-state index < -0.39 is 14.9 Å². The third-order valence-electron chi connectivity index (χ3n) is 2.30. The van der Waals surface area contributed by atoms with E-state index in [-0.39, 0.29) is 0 Å². The lowest BCUT2D eigenvalue weighted by Gasteiger charge is -2.03. The smallest absolute Gasteiger partial charge is 0.210 e. The van der Waals surface area contributed by atoms with Crippen LogP contribution in [0.25, 0.3) is 0 Å². The first-order chi connectivity index (χ1) is 5.08. The van der Waals surface area contributed by atoms with Gasteiger partial charge >= 0.3 is 0 Å². The summed E-state index contributed by atoms with van der Waals surface area (Å²) in [7, 11) is -2.89. The lowest BCUT2D eigenvalue weighted by atomic mass is 10.1. The summed E-state index contributed by atoms with van der Waals surface area (Å²) < 4.78 is 24.6. The third-order valence-corrected chi connectivity index (χ3v) is 4.38. The van der Waals surface area contributed by atoms with Gasteiger partial charge in [0.05, 0.1) is 0 Å². The highest BCUT2D eigenvalue weighted by Gasteiger charge is 2.58. The van der Waals surface area contributed by atoms with Crippen LogP contribution in [0, 0.1) is 0 Å². The zero-order valence-corrected chi connectivity index (χ0v) is 7.87. The number of hydrogen-bond acceptors (Lipinski definition) is 2. The van der Waals surface area contributed by atoms with Crippen molar-refractivity contribution in [3.63, 3.8) is 0 Å². The van der Waals surface area contributed by atoms with Crippen LogP contribution in [0.1, 0.15) is 39.5 Å². The molecule has 1 fully saturated rings. The Kier molecular flexibility index (Phi) is 2.25. The average molecular weight is 177 g/mol. The molecule has 1 unspecified atom stereocenters. The molecule has 1 aliphatic heterocycles. The molecule has 0 spiro atoms. The summed E-state index contributed by atoms with van der Waals surface area (Å²) >= 11 is 0. The first kappa shape index (κ1) is 9.00.